The van der Waals surface area contributed by atoms with Crippen LogP contribution in [-0.2, 0) is 33.7 Å². The predicted molar refractivity (Wildman–Crippen MR) is 200 cm³/mol. The fourth-order valence-corrected chi connectivity index (χ4v) is 9.22. The summed E-state index contributed by atoms with van der Waals surface area (Å²) in [6.07, 6.45) is 23.8. The monoisotopic (exact) mass is 734 g/mol. The van der Waals surface area contributed by atoms with E-state index in [1.807, 2.05) is 0 Å². The van der Waals surface area contributed by atoms with Gasteiger partial charge in [-0.05, 0) is 99.7 Å². The van der Waals surface area contributed by atoms with Gasteiger partial charge in [0.2, 0.25) is 0 Å². The molecule has 0 amide bonds. The molecule has 248 valence electrons. The van der Waals surface area contributed by atoms with Gasteiger partial charge in [-0.15, -0.1) is 0 Å². The van der Waals surface area contributed by atoms with Gasteiger partial charge in [-0.3, -0.25) is 0 Å². The molecule has 2 aromatic rings. The molecule has 2 fully saturated rings. The molecule has 0 aromatic heterocycles. The minimum absolute atomic E-state index is 0. The molecular weight excluding hydrogens is 679 g/mol. The molecule has 3 heteroatoms. The minimum atomic E-state index is -0.826. The van der Waals surface area contributed by atoms with Crippen molar-refractivity contribution in [2.75, 3.05) is 0 Å². The Balaban J connectivity index is 0.00000111. The predicted octanol–water partition coefficient (Wildman–Crippen LogP) is 13.1. The summed E-state index contributed by atoms with van der Waals surface area (Å²) in [4.78, 5) is 0. The molecule has 0 N–H and O–H groups in total. The van der Waals surface area contributed by atoms with Crippen molar-refractivity contribution in [3.8, 4) is 0 Å². The molecule has 2 saturated carbocycles. The number of benzene rings is 2. The molecule has 6 rings (SSSR count). The Morgan fingerprint density at radius 1 is 0.609 bits per heavy atom. The van der Waals surface area contributed by atoms with Crippen molar-refractivity contribution < 1.29 is 20.8 Å². The van der Waals surface area contributed by atoms with E-state index in [1.165, 1.54) is 60.8 Å². The van der Waals surface area contributed by atoms with E-state index in [9.17, 15) is 0 Å². The third kappa shape index (κ3) is 8.53. The topological polar surface area (TPSA) is 0 Å². The van der Waals surface area contributed by atoms with Crippen LogP contribution < -0.4 is 0 Å². The fraction of sp³-hybridized carbons (Fsp3) is 0.488. The number of rotatable bonds is 6. The van der Waals surface area contributed by atoms with Crippen LogP contribution in [0.2, 0.25) is 0 Å². The molecule has 0 nitrogen and oxygen atoms in total. The van der Waals surface area contributed by atoms with Crippen LogP contribution in [-0.4, -0.2) is 0 Å². The van der Waals surface area contributed by atoms with Crippen LogP contribution >= 0.6 is 17.0 Å². The molecule has 0 heterocycles. The van der Waals surface area contributed by atoms with Gasteiger partial charge in [0.1, 0.15) is 0 Å². The van der Waals surface area contributed by atoms with Gasteiger partial charge >= 0.3 is 37.9 Å². The number of halogens is 2. The molecule has 2 aromatic carbocycles. The molecular formula is C43H58Cl2Zr. The summed E-state index contributed by atoms with van der Waals surface area (Å²) in [6.45, 7) is 14.3. The molecule has 0 bridgehead atoms. The summed E-state index contributed by atoms with van der Waals surface area (Å²) in [6, 6.07) is 23.0. The van der Waals surface area contributed by atoms with E-state index >= 15 is 0 Å². The Labute approximate surface area is 301 Å². The van der Waals surface area contributed by atoms with Gasteiger partial charge in [0.25, 0.3) is 0 Å². The van der Waals surface area contributed by atoms with Crippen LogP contribution in [0.25, 0.3) is 0 Å². The quantitative estimate of drug-likeness (QED) is 0.259. The number of hydrogen-bond donors (Lipinski definition) is 0. The van der Waals surface area contributed by atoms with Crippen LogP contribution in [0, 0.1) is 66.6 Å². The van der Waals surface area contributed by atoms with Crippen molar-refractivity contribution in [1.82, 2.24) is 0 Å². The molecule has 0 aliphatic heterocycles. The first-order chi connectivity index (χ1) is 21.0. The third-order valence-electron chi connectivity index (χ3n) is 11.2. The van der Waals surface area contributed by atoms with Crippen LogP contribution in [0.4, 0.5) is 0 Å². The Kier molecular flexibility index (Phi) is 14.1. The van der Waals surface area contributed by atoms with Crippen molar-refractivity contribution >= 4 is 17.0 Å². The van der Waals surface area contributed by atoms with Crippen molar-refractivity contribution in [3.63, 3.8) is 0 Å². The van der Waals surface area contributed by atoms with Crippen molar-refractivity contribution in [2.24, 2.45) is 51.8 Å². The fourth-order valence-electron chi connectivity index (χ4n) is 9.22. The zero-order valence-corrected chi connectivity index (χ0v) is 33.7. The summed E-state index contributed by atoms with van der Waals surface area (Å²) >= 11 is -0.826. The second-order valence-electron chi connectivity index (χ2n) is 15.9. The first-order valence-corrected chi connectivity index (χ1v) is 23.2. The summed E-state index contributed by atoms with van der Waals surface area (Å²) in [5.74, 6) is 3.66. The molecule has 4 unspecified atom stereocenters. The van der Waals surface area contributed by atoms with Crippen LogP contribution in [0.1, 0.15) is 78.4 Å². The number of hydrogen-bond acceptors (Lipinski definition) is 0. The number of fused-ring (bicyclic) bond motifs is 3. The van der Waals surface area contributed by atoms with Crippen LogP contribution in [0.3, 0.4) is 0 Å². The van der Waals surface area contributed by atoms with Gasteiger partial charge < -0.3 is 14.9 Å². The van der Waals surface area contributed by atoms with E-state index < -0.39 is 20.8 Å². The Morgan fingerprint density at radius 2 is 0.978 bits per heavy atom. The van der Waals surface area contributed by atoms with E-state index in [0.29, 0.717) is 29.6 Å². The first-order valence-electron chi connectivity index (χ1n) is 16.8. The summed E-state index contributed by atoms with van der Waals surface area (Å²) in [7, 11) is 9.87. The molecule has 0 spiro atoms. The molecule has 4 aliphatic carbocycles. The van der Waals surface area contributed by atoms with Crippen molar-refractivity contribution in [2.45, 2.75) is 80.1 Å². The van der Waals surface area contributed by atoms with Gasteiger partial charge in [0, 0.05) is 0 Å². The second kappa shape index (κ2) is 16.5. The van der Waals surface area contributed by atoms with E-state index in [-0.39, 0.29) is 31.1 Å². The molecule has 0 saturated heterocycles. The maximum atomic E-state index is 4.93. The Morgan fingerprint density at radius 3 is 1.33 bits per heavy atom. The Hall–Kier alpha value is -1.14. The molecule has 46 heavy (non-hydrogen) atoms. The summed E-state index contributed by atoms with van der Waals surface area (Å²) in [5, 5.41) is 0. The summed E-state index contributed by atoms with van der Waals surface area (Å²) in [5.41, 5.74) is 6.65. The average Bonchev–Trinajstić information content (AvgIpc) is 3.64. The zero-order valence-electron chi connectivity index (χ0n) is 29.7. The first kappa shape index (κ1) is 39.3. The van der Waals surface area contributed by atoms with E-state index in [1.54, 1.807) is 0 Å². The van der Waals surface area contributed by atoms with Gasteiger partial charge in [-0.2, -0.15) is 0 Å². The van der Waals surface area contributed by atoms with E-state index in [2.05, 4.69) is 139 Å². The van der Waals surface area contributed by atoms with Crippen LogP contribution in [0.15, 0.2) is 108 Å². The zero-order chi connectivity index (χ0) is 31.5. The van der Waals surface area contributed by atoms with Crippen molar-refractivity contribution in [1.29, 1.82) is 0 Å². The third-order valence-corrected chi connectivity index (χ3v) is 11.2. The number of allylic oxidation sites excluding steroid dienone is 8. The second-order valence-corrected chi connectivity index (χ2v) is 19.6. The van der Waals surface area contributed by atoms with Gasteiger partial charge in [-0.25, -0.2) is 0 Å². The summed E-state index contributed by atoms with van der Waals surface area (Å²) < 4.78 is 0. The average molecular weight is 737 g/mol. The van der Waals surface area contributed by atoms with Gasteiger partial charge in [0.15, 0.2) is 0 Å². The molecule has 4 atom stereocenters. The van der Waals surface area contributed by atoms with Crippen molar-refractivity contribution in [3.05, 3.63) is 134 Å². The Bertz CT molecular complexity index is 1260. The molecule has 4 aliphatic rings. The SMILES string of the molecule is CC(C)(C)C1=CC2C3C=C(C(C)(C)C)C=CC3C(C(Cc3ccccc3)(Cc3ccccc3)C3CCCC3)C2C=C1.[CH3-].[CH3-].[Cl][Zr+2][Cl]. The standard InChI is InChI=1S/C41H52.2CH3.2ClH.Zr/c1-39(2,3)32-21-23-34-36(25-32)37-26-33(40(4,5)6)22-24-35(37)38(34)41(31-19-13-14-20-31,27-29-15-9-7-10-16-29)28-30-17-11-8-12-18-30;;;;;/h7-12,15-18,21-26,31,34-38H,13-14,19-20,27-28H2,1-6H3;2*1H3;2*1H;/q;2*-1;;;+4/p-2. The van der Waals surface area contributed by atoms with Gasteiger partial charge in [0.05, 0.1) is 0 Å². The van der Waals surface area contributed by atoms with E-state index in [4.69, 9.17) is 17.0 Å². The van der Waals surface area contributed by atoms with E-state index in [0.717, 1.165) is 5.92 Å². The molecule has 0 radical (unpaired) electrons. The normalized spacial score (nSPS) is 25.4. The van der Waals surface area contributed by atoms with Crippen LogP contribution in [0.5, 0.6) is 0 Å². The van der Waals surface area contributed by atoms with Gasteiger partial charge in [-0.1, -0.05) is 152 Å². The maximum absolute atomic E-state index is 4.93.